The van der Waals surface area contributed by atoms with Gasteiger partial charge in [-0.15, -0.1) is 5.10 Å². The Morgan fingerprint density at radius 2 is 1.74 bits per heavy atom. The fraction of sp³-hybridized carbons (Fsp3) is 0.846. The summed E-state index contributed by atoms with van der Waals surface area (Å²) < 4.78 is 1.60. The van der Waals surface area contributed by atoms with Gasteiger partial charge in [-0.3, -0.25) is 4.79 Å². The minimum Gasteiger partial charge on any atom is -0.481 e. The van der Waals surface area contributed by atoms with Gasteiger partial charge in [-0.1, -0.05) is 51.9 Å². The average Bonchev–Trinajstić information content (AvgIpc) is 2.79. The molecule has 6 nitrogen and oxygen atoms in total. The van der Waals surface area contributed by atoms with Crippen LogP contribution in [-0.2, 0) is 17.8 Å². The van der Waals surface area contributed by atoms with Gasteiger partial charge in [0.2, 0.25) is 0 Å². The van der Waals surface area contributed by atoms with Crippen LogP contribution in [0.3, 0.4) is 0 Å². The van der Waals surface area contributed by atoms with Gasteiger partial charge in [0.15, 0.2) is 5.82 Å². The van der Waals surface area contributed by atoms with Crippen LogP contribution in [0.5, 0.6) is 0 Å². The first-order valence-electron chi connectivity index (χ1n) is 7.21. The molecule has 0 amide bonds. The van der Waals surface area contributed by atoms with Crippen molar-refractivity contribution in [2.24, 2.45) is 0 Å². The molecule has 19 heavy (non-hydrogen) atoms. The number of rotatable bonds is 11. The number of carboxylic acid groups (broad SMARTS) is 1. The molecule has 0 saturated carbocycles. The van der Waals surface area contributed by atoms with Crippen LogP contribution in [0.25, 0.3) is 0 Å². The van der Waals surface area contributed by atoms with Crippen LogP contribution in [0, 0.1) is 0 Å². The van der Waals surface area contributed by atoms with Crippen LogP contribution >= 0.6 is 0 Å². The van der Waals surface area contributed by atoms with E-state index >= 15 is 0 Å². The predicted molar refractivity (Wildman–Crippen MR) is 71.8 cm³/mol. The lowest BCUT2D eigenvalue weighted by Gasteiger charge is -2.03. The number of carbonyl (C=O) groups is 1. The number of tetrazole rings is 1. The maximum atomic E-state index is 10.6. The fourth-order valence-electron chi connectivity index (χ4n) is 2.05. The minimum absolute atomic E-state index is 0.107. The zero-order valence-electron chi connectivity index (χ0n) is 11.7. The van der Waals surface area contributed by atoms with Crippen molar-refractivity contribution in [1.29, 1.82) is 0 Å². The Kier molecular flexibility index (Phi) is 7.77. The van der Waals surface area contributed by atoms with Gasteiger partial charge in [0.1, 0.15) is 6.42 Å². The highest BCUT2D eigenvalue weighted by Gasteiger charge is 2.09. The lowest BCUT2D eigenvalue weighted by molar-refractivity contribution is -0.136. The molecule has 0 aromatic carbocycles. The average molecular weight is 268 g/mol. The summed E-state index contributed by atoms with van der Waals surface area (Å²) in [7, 11) is 0. The van der Waals surface area contributed by atoms with E-state index in [1.807, 2.05) is 0 Å². The number of hydrogen-bond donors (Lipinski definition) is 1. The van der Waals surface area contributed by atoms with Gasteiger partial charge in [-0.2, -0.15) is 0 Å². The molecule has 0 saturated heterocycles. The number of aromatic nitrogens is 4. The second kappa shape index (κ2) is 9.47. The van der Waals surface area contributed by atoms with Crippen LogP contribution in [0.1, 0.15) is 64.1 Å². The molecule has 0 radical (unpaired) electrons. The summed E-state index contributed by atoms with van der Waals surface area (Å²) in [6.45, 7) is 2.94. The maximum Gasteiger partial charge on any atom is 0.311 e. The van der Waals surface area contributed by atoms with Gasteiger partial charge in [0.05, 0.1) is 0 Å². The van der Waals surface area contributed by atoms with E-state index in [0.29, 0.717) is 12.4 Å². The highest BCUT2D eigenvalue weighted by atomic mass is 16.4. The third-order valence-electron chi connectivity index (χ3n) is 3.14. The third-order valence-corrected chi connectivity index (χ3v) is 3.14. The summed E-state index contributed by atoms with van der Waals surface area (Å²) in [6, 6.07) is 0. The van der Waals surface area contributed by atoms with Crippen molar-refractivity contribution < 1.29 is 9.90 Å². The van der Waals surface area contributed by atoms with Crippen molar-refractivity contribution in [1.82, 2.24) is 20.2 Å². The van der Waals surface area contributed by atoms with Crippen molar-refractivity contribution in [3.05, 3.63) is 5.82 Å². The number of hydrogen-bond acceptors (Lipinski definition) is 4. The summed E-state index contributed by atoms with van der Waals surface area (Å²) in [6.07, 6.45) is 9.86. The second-order valence-electron chi connectivity index (χ2n) is 4.86. The number of nitrogens with zero attached hydrogens (tertiary/aromatic N) is 4. The van der Waals surface area contributed by atoms with Gasteiger partial charge in [-0.05, 0) is 16.8 Å². The Bertz CT molecular complexity index is 365. The monoisotopic (exact) mass is 268 g/mol. The first kappa shape index (κ1) is 15.6. The molecule has 0 aliphatic heterocycles. The van der Waals surface area contributed by atoms with Crippen LogP contribution in [-0.4, -0.2) is 31.3 Å². The molecular weight excluding hydrogens is 244 g/mol. The summed E-state index contributed by atoms with van der Waals surface area (Å²) in [5.41, 5.74) is 0. The number of carboxylic acids is 1. The molecule has 1 aromatic rings. The Labute approximate surface area is 114 Å². The van der Waals surface area contributed by atoms with E-state index in [1.165, 1.54) is 38.5 Å². The van der Waals surface area contributed by atoms with Gasteiger partial charge >= 0.3 is 5.97 Å². The van der Waals surface area contributed by atoms with E-state index in [-0.39, 0.29) is 6.42 Å². The fourth-order valence-corrected chi connectivity index (χ4v) is 2.05. The quantitative estimate of drug-likeness (QED) is 0.623. The molecular formula is C13H24N4O2. The predicted octanol–water partition coefficient (Wildman–Crippen LogP) is 2.44. The molecule has 0 bridgehead atoms. The molecule has 0 aliphatic rings. The van der Waals surface area contributed by atoms with Crippen molar-refractivity contribution >= 4 is 5.97 Å². The molecule has 0 fully saturated rings. The SMILES string of the molecule is CCCCCCCCCCn1nnnc1CC(=O)O. The summed E-state index contributed by atoms with van der Waals surface area (Å²) in [5, 5.41) is 19.8. The molecule has 0 unspecified atom stereocenters. The Morgan fingerprint density at radius 1 is 1.11 bits per heavy atom. The van der Waals surface area contributed by atoms with E-state index in [4.69, 9.17) is 5.11 Å². The smallest absolute Gasteiger partial charge is 0.311 e. The topological polar surface area (TPSA) is 80.9 Å². The second-order valence-corrected chi connectivity index (χ2v) is 4.86. The van der Waals surface area contributed by atoms with Gasteiger partial charge in [0, 0.05) is 6.54 Å². The minimum atomic E-state index is -0.896. The lowest BCUT2D eigenvalue weighted by Crippen LogP contribution is -2.10. The maximum absolute atomic E-state index is 10.6. The Balaban J connectivity index is 2.09. The summed E-state index contributed by atoms with van der Waals surface area (Å²) in [4.78, 5) is 10.6. The van der Waals surface area contributed by atoms with E-state index in [1.54, 1.807) is 4.68 Å². The Hall–Kier alpha value is -1.46. The number of aliphatic carboxylic acids is 1. The van der Waals surface area contributed by atoms with Crippen molar-refractivity contribution in [2.45, 2.75) is 71.3 Å². The molecule has 0 spiro atoms. The first-order chi connectivity index (χ1) is 9.24. The van der Waals surface area contributed by atoms with E-state index in [2.05, 4.69) is 22.4 Å². The Morgan fingerprint density at radius 3 is 2.37 bits per heavy atom. The van der Waals surface area contributed by atoms with Gasteiger partial charge in [0.25, 0.3) is 0 Å². The molecule has 0 aliphatic carbocycles. The number of aryl methyl sites for hydroxylation is 1. The normalized spacial score (nSPS) is 10.8. The van der Waals surface area contributed by atoms with Gasteiger partial charge < -0.3 is 5.11 Å². The first-order valence-corrected chi connectivity index (χ1v) is 7.21. The molecule has 1 heterocycles. The third kappa shape index (κ3) is 6.88. The molecule has 1 N–H and O–H groups in total. The molecule has 6 heteroatoms. The zero-order valence-corrected chi connectivity index (χ0v) is 11.7. The largest absolute Gasteiger partial charge is 0.481 e. The highest BCUT2D eigenvalue weighted by molar-refractivity contribution is 5.68. The molecule has 108 valence electrons. The number of unbranched alkanes of at least 4 members (excludes halogenated alkanes) is 7. The zero-order chi connectivity index (χ0) is 13.9. The van der Waals surface area contributed by atoms with E-state index < -0.39 is 5.97 Å². The van der Waals surface area contributed by atoms with Gasteiger partial charge in [-0.25, -0.2) is 4.68 Å². The van der Waals surface area contributed by atoms with E-state index in [9.17, 15) is 4.79 Å². The summed E-state index contributed by atoms with van der Waals surface area (Å²) in [5.74, 6) is -0.456. The molecule has 1 rings (SSSR count). The summed E-state index contributed by atoms with van der Waals surface area (Å²) >= 11 is 0. The van der Waals surface area contributed by atoms with Crippen molar-refractivity contribution in [3.8, 4) is 0 Å². The van der Waals surface area contributed by atoms with Crippen LogP contribution in [0.2, 0.25) is 0 Å². The van der Waals surface area contributed by atoms with Crippen LogP contribution in [0.4, 0.5) is 0 Å². The standard InChI is InChI=1S/C13H24N4O2/c1-2-3-4-5-6-7-8-9-10-17-12(11-13(18)19)14-15-16-17/h2-11H2,1H3,(H,18,19). The van der Waals surface area contributed by atoms with E-state index in [0.717, 1.165) is 12.8 Å². The lowest BCUT2D eigenvalue weighted by atomic mass is 10.1. The van der Waals surface area contributed by atoms with Crippen LogP contribution in [0.15, 0.2) is 0 Å². The molecule has 1 aromatic heterocycles. The highest BCUT2D eigenvalue weighted by Crippen LogP contribution is 2.09. The van der Waals surface area contributed by atoms with Crippen molar-refractivity contribution in [3.63, 3.8) is 0 Å². The molecule has 0 atom stereocenters. The van der Waals surface area contributed by atoms with Crippen LogP contribution < -0.4 is 0 Å². The van der Waals surface area contributed by atoms with Crippen molar-refractivity contribution in [2.75, 3.05) is 0 Å².